The number of aromatic amines is 1. The second kappa shape index (κ2) is 5.79. The molecule has 0 atom stereocenters. The van der Waals surface area contributed by atoms with Gasteiger partial charge in [-0.2, -0.15) is 11.3 Å². The van der Waals surface area contributed by atoms with E-state index in [0.717, 1.165) is 35.6 Å². The molecule has 4 heterocycles. The van der Waals surface area contributed by atoms with Gasteiger partial charge in [-0.15, -0.1) is 11.3 Å². The molecule has 4 nitrogen and oxygen atoms in total. The van der Waals surface area contributed by atoms with Crippen LogP contribution in [0.15, 0.2) is 39.1 Å². The third kappa shape index (κ3) is 2.65. The van der Waals surface area contributed by atoms with Crippen LogP contribution in [-0.2, 0) is 19.5 Å². The lowest BCUT2D eigenvalue weighted by atomic mass is 10.1. The third-order valence-corrected chi connectivity index (χ3v) is 5.50. The van der Waals surface area contributed by atoms with E-state index in [9.17, 15) is 4.79 Å². The lowest BCUT2D eigenvalue weighted by Gasteiger charge is -2.27. The van der Waals surface area contributed by atoms with E-state index < -0.39 is 0 Å². The van der Waals surface area contributed by atoms with Crippen LogP contribution < -0.4 is 5.56 Å². The van der Waals surface area contributed by atoms with Crippen LogP contribution in [0.3, 0.4) is 0 Å². The molecule has 22 heavy (non-hydrogen) atoms. The number of aromatic nitrogens is 2. The summed E-state index contributed by atoms with van der Waals surface area (Å²) in [4.78, 5) is 23.4. The predicted octanol–water partition coefficient (Wildman–Crippen LogP) is 3.12. The Labute approximate surface area is 136 Å². The summed E-state index contributed by atoms with van der Waals surface area (Å²) in [5, 5.41) is 6.25. The minimum Gasteiger partial charge on any atom is -0.306 e. The molecule has 6 heteroatoms. The van der Waals surface area contributed by atoms with E-state index in [1.54, 1.807) is 22.7 Å². The van der Waals surface area contributed by atoms with Crippen molar-refractivity contribution in [1.82, 2.24) is 14.9 Å². The highest BCUT2D eigenvalue weighted by Crippen LogP contribution is 2.23. The molecular formula is C16H15N3OS2. The zero-order valence-electron chi connectivity index (χ0n) is 11.9. The summed E-state index contributed by atoms with van der Waals surface area (Å²) in [5.74, 6) is 0.699. The van der Waals surface area contributed by atoms with Crippen molar-refractivity contribution in [2.75, 3.05) is 6.54 Å². The maximum absolute atomic E-state index is 12.4. The van der Waals surface area contributed by atoms with Crippen LogP contribution in [0.2, 0.25) is 0 Å². The molecule has 0 fully saturated rings. The molecule has 0 spiro atoms. The van der Waals surface area contributed by atoms with E-state index in [0.29, 0.717) is 12.4 Å². The lowest BCUT2D eigenvalue weighted by Crippen LogP contribution is -2.35. The third-order valence-electron chi connectivity index (χ3n) is 3.89. The van der Waals surface area contributed by atoms with Gasteiger partial charge in [0.05, 0.1) is 16.1 Å². The average Bonchev–Trinajstić information content (AvgIpc) is 3.20. The standard InChI is InChI=1S/C16H15N3OS2/c20-16-12-9-19(8-11-4-7-21-10-11)5-3-13(12)17-15(18-16)14-2-1-6-22-14/h1-2,4,6-7,10H,3,5,8-9H2,(H,17,18,20). The lowest BCUT2D eigenvalue weighted by molar-refractivity contribution is 0.242. The summed E-state index contributed by atoms with van der Waals surface area (Å²) < 4.78 is 0. The Morgan fingerprint density at radius 3 is 3.05 bits per heavy atom. The van der Waals surface area contributed by atoms with Gasteiger partial charge in [0.2, 0.25) is 0 Å². The molecule has 0 aliphatic carbocycles. The fourth-order valence-electron chi connectivity index (χ4n) is 2.79. The summed E-state index contributed by atoms with van der Waals surface area (Å²) in [6.07, 6.45) is 0.835. The number of rotatable bonds is 3. The molecule has 0 saturated carbocycles. The first-order chi connectivity index (χ1) is 10.8. The molecule has 3 aromatic rings. The quantitative estimate of drug-likeness (QED) is 0.803. The van der Waals surface area contributed by atoms with Crippen LogP contribution in [-0.4, -0.2) is 21.4 Å². The van der Waals surface area contributed by atoms with Crippen LogP contribution in [0.25, 0.3) is 10.7 Å². The van der Waals surface area contributed by atoms with E-state index in [4.69, 9.17) is 0 Å². The van der Waals surface area contributed by atoms with E-state index in [2.05, 4.69) is 31.7 Å². The van der Waals surface area contributed by atoms with Gasteiger partial charge >= 0.3 is 0 Å². The van der Waals surface area contributed by atoms with E-state index in [-0.39, 0.29) is 5.56 Å². The highest BCUT2D eigenvalue weighted by atomic mass is 32.1. The summed E-state index contributed by atoms with van der Waals surface area (Å²) in [6, 6.07) is 6.10. The molecule has 1 N–H and O–H groups in total. The van der Waals surface area contributed by atoms with Crippen LogP contribution in [0.5, 0.6) is 0 Å². The molecule has 112 valence electrons. The van der Waals surface area contributed by atoms with Gasteiger partial charge in [-0.05, 0) is 33.8 Å². The molecule has 1 aliphatic heterocycles. The zero-order valence-corrected chi connectivity index (χ0v) is 13.5. The Morgan fingerprint density at radius 2 is 2.27 bits per heavy atom. The van der Waals surface area contributed by atoms with Crippen molar-refractivity contribution in [2.24, 2.45) is 0 Å². The smallest absolute Gasteiger partial charge is 0.255 e. The first-order valence-electron chi connectivity index (χ1n) is 7.19. The van der Waals surface area contributed by atoms with Gasteiger partial charge in [0.25, 0.3) is 5.56 Å². The van der Waals surface area contributed by atoms with E-state index >= 15 is 0 Å². The van der Waals surface area contributed by atoms with E-state index in [1.165, 1.54) is 5.56 Å². The van der Waals surface area contributed by atoms with Crippen molar-refractivity contribution in [2.45, 2.75) is 19.5 Å². The topological polar surface area (TPSA) is 49.0 Å². The Morgan fingerprint density at radius 1 is 1.32 bits per heavy atom. The van der Waals surface area contributed by atoms with Crippen LogP contribution in [0.1, 0.15) is 16.8 Å². The normalized spacial score (nSPS) is 14.9. The molecule has 0 radical (unpaired) electrons. The monoisotopic (exact) mass is 329 g/mol. The van der Waals surface area contributed by atoms with Crippen molar-refractivity contribution >= 4 is 22.7 Å². The van der Waals surface area contributed by atoms with E-state index in [1.807, 2.05) is 17.5 Å². The minimum atomic E-state index is 0.00317. The zero-order chi connectivity index (χ0) is 14.9. The predicted molar refractivity (Wildman–Crippen MR) is 90.3 cm³/mol. The van der Waals surface area contributed by atoms with Crippen LogP contribution in [0.4, 0.5) is 0 Å². The SMILES string of the molecule is O=c1[nH]c(-c2cccs2)nc2c1CN(Cc1ccsc1)CC2. The number of fused-ring (bicyclic) bond motifs is 1. The Hall–Kier alpha value is -1.76. The fourth-order valence-corrected chi connectivity index (χ4v) is 4.12. The Balaban J connectivity index is 1.61. The van der Waals surface area contributed by atoms with Crippen molar-refractivity contribution in [3.8, 4) is 10.7 Å². The number of hydrogen-bond acceptors (Lipinski definition) is 5. The number of nitrogens with zero attached hydrogens (tertiary/aromatic N) is 2. The van der Waals surface area contributed by atoms with Gasteiger partial charge < -0.3 is 4.98 Å². The van der Waals surface area contributed by atoms with Crippen molar-refractivity contribution in [3.63, 3.8) is 0 Å². The van der Waals surface area contributed by atoms with Crippen molar-refractivity contribution in [3.05, 3.63) is 61.5 Å². The second-order valence-corrected chi connectivity index (χ2v) is 7.14. The Bertz CT molecular complexity index is 822. The summed E-state index contributed by atoms with van der Waals surface area (Å²) in [5.41, 5.74) is 3.09. The van der Waals surface area contributed by atoms with Gasteiger partial charge in [-0.25, -0.2) is 4.98 Å². The molecule has 1 aliphatic rings. The molecule has 0 unspecified atom stereocenters. The van der Waals surface area contributed by atoms with Gasteiger partial charge in [0.15, 0.2) is 5.82 Å². The number of hydrogen-bond donors (Lipinski definition) is 1. The first-order valence-corrected chi connectivity index (χ1v) is 9.01. The highest BCUT2D eigenvalue weighted by molar-refractivity contribution is 7.13. The van der Waals surface area contributed by atoms with Crippen molar-refractivity contribution in [1.29, 1.82) is 0 Å². The molecule has 0 saturated heterocycles. The first kappa shape index (κ1) is 13.9. The molecule has 0 aromatic carbocycles. The Kier molecular flexibility index (Phi) is 3.65. The van der Waals surface area contributed by atoms with Crippen LogP contribution >= 0.6 is 22.7 Å². The highest BCUT2D eigenvalue weighted by Gasteiger charge is 2.21. The second-order valence-electron chi connectivity index (χ2n) is 5.41. The van der Waals surface area contributed by atoms with Crippen LogP contribution in [0, 0.1) is 0 Å². The van der Waals surface area contributed by atoms with Gasteiger partial charge in [-0.1, -0.05) is 6.07 Å². The summed E-state index contributed by atoms with van der Waals surface area (Å²) in [7, 11) is 0. The van der Waals surface area contributed by atoms with Crippen molar-refractivity contribution < 1.29 is 0 Å². The molecular weight excluding hydrogens is 314 g/mol. The number of H-pyrrole nitrogens is 1. The molecule has 0 bridgehead atoms. The minimum absolute atomic E-state index is 0.00317. The molecule has 3 aromatic heterocycles. The number of thiophene rings is 2. The van der Waals surface area contributed by atoms with Gasteiger partial charge in [0.1, 0.15) is 0 Å². The van der Waals surface area contributed by atoms with Gasteiger partial charge in [-0.3, -0.25) is 9.69 Å². The fraction of sp³-hybridized carbons (Fsp3) is 0.250. The maximum Gasteiger partial charge on any atom is 0.255 e. The van der Waals surface area contributed by atoms with Gasteiger partial charge in [0, 0.05) is 26.1 Å². The largest absolute Gasteiger partial charge is 0.306 e. The summed E-state index contributed by atoms with van der Waals surface area (Å²) in [6.45, 7) is 2.52. The maximum atomic E-state index is 12.4. The number of nitrogens with one attached hydrogen (secondary N) is 1. The molecule has 4 rings (SSSR count). The average molecular weight is 329 g/mol. The summed E-state index contributed by atoms with van der Waals surface area (Å²) >= 11 is 3.31. The molecule has 0 amide bonds.